The molecule has 1 aliphatic carbocycles. The Morgan fingerprint density at radius 2 is 2.10 bits per heavy atom. The molecule has 1 aliphatic rings. The van der Waals surface area contributed by atoms with Crippen LogP contribution in [-0.2, 0) is 6.42 Å². The second-order valence-electron chi connectivity index (χ2n) is 5.86. The van der Waals surface area contributed by atoms with Crippen molar-refractivity contribution in [3.8, 4) is 0 Å². The SMILES string of the molecule is CCc1c(C(=O)NC[C@H]2CCC[C@H]2O)[nH]c(C)c1C(C)=O. The highest BCUT2D eigenvalue weighted by Gasteiger charge is 2.27. The quantitative estimate of drug-likeness (QED) is 0.726. The topological polar surface area (TPSA) is 82.2 Å². The Bertz CT molecular complexity index is 548. The van der Waals surface area contributed by atoms with Crippen LogP contribution in [0.4, 0.5) is 0 Å². The number of aliphatic hydroxyl groups excluding tert-OH is 1. The number of carbonyl (C=O) groups is 2. The van der Waals surface area contributed by atoms with E-state index >= 15 is 0 Å². The molecule has 0 aliphatic heterocycles. The number of ketones is 1. The second kappa shape index (κ2) is 6.43. The van der Waals surface area contributed by atoms with Crippen LogP contribution in [0.3, 0.4) is 0 Å². The summed E-state index contributed by atoms with van der Waals surface area (Å²) in [5, 5.41) is 12.7. The molecule has 0 bridgehead atoms. The molecule has 0 radical (unpaired) electrons. The Hall–Kier alpha value is -1.62. The number of aromatic amines is 1. The molecule has 0 unspecified atom stereocenters. The zero-order valence-corrected chi connectivity index (χ0v) is 13.0. The van der Waals surface area contributed by atoms with Crippen molar-refractivity contribution in [2.45, 2.75) is 52.6 Å². The predicted molar refractivity (Wildman–Crippen MR) is 80.6 cm³/mol. The van der Waals surface area contributed by atoms with Gasteiger partial charge in [0.2, 0.25) is 0 Å². The van der Waals surface area contributed by atoms with Crippen LogP contribution in [0.5, 0.6) is 0 Å². The second-order valence-corrected chi connectivity index (χ2v) is 5.86. The first-order chi connectivity index (χ1) is 9.95. The molecular weight excluding hydrogens is 268 g/mol. The number of aliphatic hydroxyl groups is 1. The molecule has 0 aromatic carbocycles. The van der Waals surface area contributed by atoms with Gasteiger partial charge in [0, 0.05) is 23.7 Å². The average molecular weight is 292 g/mol. The number of H-pyrrole nitrogens is 1. The van der Waals surface area contributed by atoms with Crippen molar-refractivity contribution in [3.63, 3.8) is 0 Å². The standard InChI is InChI=1S/C16H24N2O3/c1-4-12-14(10(3)19)9(2)18-15(12)16(21)17-8-11-6-5-7-13(11)20/h11,13,18,20H,4-8H2,1-3H3,(H,17,21)/t11-,13-/m1/s1. The van der Waals surface area contributed by atoms with Gasteiger partial charge in [-0.15, -0.1) is 0 Å². The van der Waals surface area contributed by atoms with Gasteiger partial charge in [0.15, 0.2) is 5.78 Å². The molecule has 1 aromatic heterocycles. The van der Waals surface area contributed by atoms with Crippen molar-refractivity contribution < 1.29 is 14.7 Å². The minimum absolute atomic E-state index is 0.0223. The number of aryl methyl sites for hydroxylation is 1. The number of nitrogens with one attached hydrogen (secondary N) is 2. The van der Waals surface area contributed by atoms with Crippen molar-refractivity contribution in [1.29, 1.82) is 0 Å². The van der Waals surface area contributed by atoms with Crippen LogP contribution >= 0.6 is 0 Å². The highest BCUT2D eigenvalue weighted by atomic mass is 16.3. The Morgan fingerprint density at radius 3 is 2.62 bits per heavy atom. The summed E-state index contributed by atoms with van der Waals surface area (Å²) >= 11 is 0. The average Bonchev–Trinajstić information content (AvgIpc) is 2.99. The highest BCUT2D eigenvalue weighted by Crippen LogP contribution is 2.25. The Kier molecular flexibility index (Phi) is 4.83. The van der Waals surface area contributed by atoms with Crippen LogP contribution in [0.25, 0.3) is 0 Å². The van der Waals surface area contributed by atoms with Crippen LogP contribution in [0, 0.1) is 12.8 Å². The van der Waals surface area contributed by atoms with Crippen molar-refractivity contribution >= 4 is 11.7 Å². The van der Waals surface area contributed by atoms with E-state index < -0.39 is 0 Å². The van der Waals surface area contributed by atoms with Crippen LogP contribution in [0.1, 0.15) is 65.2 Å². The minimum Gasteiger partial charge on any atom is -0.393 e. The molecule has 2 rings (SSSR count). The first-order valence-corrected chi connectivity index (χ1v) is 7.64. The molecule has 0 saturated heterocycles. The van der Waals surface area contributed by atoms with E-state index in [4.69, 9.17) is 0 Å². The summed E-state index contributed by atoms with van der Waals surface area (Å²) in [6.07, 6.45) is 3.10. The largest absolute Gasteiger partial charge is 0.393 e. The van der Waals surface area contributed by atoms with Gasteiger partial charge in [-0.3, -0.25) is 9.59 Å². The van der Waals surface area contributed by atoms with Crippen LogP contribution < -0.4 is 5.32 Å². The Morgan fingerprint density at radius 1 is 1.38 bits per heavy atom. The van der Waals surface area contributed by atoms with Gasteiger partial charge >= 0.3 is 0 Å². The van der Waals surface area contributed by atoms with E-state index in [0.29, 0.717) is 24.2 Å². The molecule has 1 aromatic rings. The van der Waals surface area contributed by atoms with Gasteiger partial charge in [-0.2, -0.15) is 0 Å². The summed E-state index contributed by atoms with van der Waals surface area (Å²) in [6.45, 7) is 5.75. The summed E-state index contributed by atoms with van der Waals surface area (Å²) < 4.78 is 0. The van der Waals surface area contributed by atoms with E-state index in [1.807, 2.05) is 13.8 Å². The molecule has 21 heavy (non-hydrogen) atoms. The number of aromatic nitrogens is 1. The molecule has 2 atom stereocenters. The normalized spacial score (nSPS) is 21.5. The van der Waals surface area contributed by atoms with Gasteiger partial charge in [-0.1, -0.05) is 13.3 Å². The Balaban J connectivity index is 2.12. The van der Waals surface area contributed by atoms with Crippen molar-refractivity contribution in [1.82, 2.24) is 10.3 Å². The zero-order valence-electron chi connectivity index (χ0n) is 13.0. The van der Waals surface area contributed by atoms with Gasteiger partial charge in [0.1, 0.15) is 5.69 Å². The Labute approximate surface area is 125 Å². The maximum Gasteiger partial charge on any atom is 0.268 e. The van der Waals surface area contributed by atoms with Crippen molar-refractivity contribution in [2.75, 3.05) is 6.54 Å². The molecule has 0 spiro atoms. The number of carbonyl (C=O) groups excluding carboxylic acids is 2. The summed E-state index contributed by atoms with van der Waals surface area (Å²) in [4.78, 5) is 27.1. The molecular formula is C16H24N2O3. The monoisotopic (exact) mass is 292 g/mol. The van der Waals surface area contributed by atoms with Crippen LogP contribution in [0.2, 0.25) is 0 Å². The summed E-state index contributed by atoms with van der Waals surface area (Å²) in [6, 6.07) is 0. The lowest BCUT2D eigenvalue weighted by Gasteiger charge is -2.15. The number of rotatable bonds is 5. The molecule has 1 fully saturated rings. The van der Waals surface area contributed by atoms with E-state index in [2.05, 4.69) is 10.3 Å². The van der Waals surface area contributed by atoms with Gasteiger partial charge in [0.25, 0.3) is 5.91 Å². The highest BCUT2D eigenvalue weighted by molar-refractivity contribution is 6.02. The first-order valence-electron chi connectivity index (χ1n) is 7.64. The summed E-state index contributed by atoms with van der Waals surface area (Å²) in [5.41, 5.74) is 2.63. The molecule has 5 heteroatoms. The van der Waals surface area contributed by atoms with E-state index in [9.17, 15) is 14.7 Å². The first kappa shape index (κ1) is 15.8. The lowest BCUT2D eigenvalue weighted by atomic mass is 10.0. The molecule has 3 N–H and O–H groups in total. The lowest BCUT2D eigenvalue weighted by molar-refractivity contribution is 0.0911. The van der Waals surface area contributed by atoms with E-state index in [1.54, 1.807) is 0 Å². The number of Topliss-reactive ketones (excluding diaryl/α,β-unsaturated/α-hetero) is 1. The number of amides is 1. The summed E-state index contributed by atoms with van der Waals surface area (Å²) in [5.74, 6) is -0.0743. The third kappa shape index (κ3) is 3.18. The van der Waals surface area contributed by atoms with Gasteiger partial charge < -0.3 is 15.4 Å². The third-order valence-electron chi connectivity index (χ3n) is 4.37. The number of hydrogen-bond acceptors (Lipinski definition) is 3. The molecule has 1 saturated carbocycles. The number of hydrogen-bond donors (Lipinski definition) is 3. The molecule has 1 heterocycles. The third-order valence-corrected chi connectivity index (χ3v) is 4.37. The van der Waals surface area contributed by atoms with Crippen LogP contribution in [-0.4, -0.2) is 34.4 Å². The predicted octanol–water partition coefficient (Wildman–Crippen LogP) is 1.98. The minimum atomic E-state index is -0.311. The fraction of sp³-hybridized carbons (Fsp3) is 0.625. The van der Waals surface area contributed by atoms with Crippen LogP contribution in [0.15, 0.2) is 0 Å². The zero-order chi connectivity index (χ0) is 15.6. The van der Waals surface area contributed by atoms with Crippen molar-refractivity contribution in [3.05, 3.63) is 22.5 Å². The smallest absolute Gasteiger partial charge is 0.268 e. The van der Waals surface area contributed by atoms with E-state index in [0.717, 1.165) is 30.5 Å². The van der Waals surface area contributed by atoms with Gasteiger partial charge in [-0.25, -0.2) is 0 Å². The maximum atomic E-state index is 12.3. The van der Waals surface area contributed by atoms with E-state index in [-0.39, 0.29) is 23.7 Å². The molecule has 5 nitrogen and oxygen atoms in total. The van der Waals surface area contributed by atoms with E-state index in [1.165, 1.54) is 6.92 Å². The maximum absolute atomic E-state index is 12.3. The van der Waals surface area contributed by atoms with Gasteiger partial charge in [0.05, 0.1) is 6.10 Å². The summed E-state index contributed by atoms with van der Waals surface area (Å²) in [7, 11) is 0. The van der Waals surface area contributed by atoms with Crippen molar-refractivity contribution in [2.24, 2.45) is 5.92 Å². The molecule has 116 valence electrons. The molecule has 1 amide bonds. The fourth-order valence-electron chi connectivity index (χ4n) is 3.27. The van der Waals surface area contributed by atoms with Gasteiger partial charge in [-0.05, 0) is 38.7 Å². The fourth-order valence-corrected chi connectivity index (χ4v) is 3.27. The lowest BCUT2D eigenvalue weighted by Crippen LogP contribution is -2.33.